The van der Waals surface area contributed by atoms with Gasteiger partial charge in [-0.05, 0) is 6.26 Å². The summed E-state index contributed by atoms with van der Waals surface area (Å²) in [6, 6.07) is 0. The summed E-state index contributed by atoms with van der Waals surface area (Å²) in [5.41, 5.74) is 0. The fourth-order valence-corrected chi connectivity index (χ4v) is 1.91. The Morgan fingerprint density at radius 1 is 1.37 bits per heavy atom. The highest BCUT2D eigenvalue weighted by Gasteiger charge is 2.10. The van der Waals surface area contributed by atoms with Gasteiger partial charge in [0, 0.05) is 38.8 Å². The van der Waals surface area contributed by atoms with Crippen molar-refractivity contribution in [2.24, 2.45) is 0 Å². The van der Waals surface area contributed by atoms with Crippen molar-refractivity contribution in [1.82, 2.24) is 24.5 Å². The van der Waals surface area contributed by atoms with Crippen molar-refractivity contribution in [2.75, 3.05) is 42.9 Å². The molecule has 0 amide bonds. The second-order valence-electron chi connectivity index (χ2n) is 3.89. The molecular formula is C11H17N7S. The van der Waals surface area contributed by atoms with E-state index in [1.165, 1.54) is 0 Å². The molecule has 19 heavy (non-hydrogen) atoms. The van der Waals surface area contributed by atoms with Crippen molar-refractivity contribution < 1.29 is 0 Å². The minimum atomic E-state index is 0.546. The third kappa shape index (κ3) is 3.34. The van der Waals surface area contributed by atoms with E-state index in [4.69, 9.17) is 0 Å². The molecule has 0 aliphatic rings. The summed E-state index contributed by atoms with van der Waals surface area (Å²) in [6.07, 6.45) is 7.25. The van der Waals surface area contributed by atoms with Crippen molar-refractivity contribution in [2.45, 2.75) is 0 Å². The maximum atomic E-state index is 4.45. The van der Waals surface area contributed by atoms with E-state index < -0.39 is 0 Å². The summed E-state index contributed by atoms with van der Waals surface area (Å²) >= 11 is 1.79. The number of thioether (sulfide) groups is 1. The predicted octanol–water partition coefficient (Wildman–Crippen LogP) is 0.898. The van der Waals surface area contributed by atoms with Crippen LogP contribution in [0, 0.1) is 0 Å². The quantitative estimate of drug-likeness (QED) is 0.842. The first kappa shape index (κ1) is 13.6. The second-order valence-corrected chi connectivity index (χ2v) is 4.88. The highest BCUT2D eigenvalue weighted by Crippen LogP contribution is 2.12. The Hall–Kier alpha value is -1.83. The van der Waals surface area contributed by atoms with Crippen molar-refractivity contribution in [3.05, 3.63) is 18.7 Å². The summed E-state index contributed by atoms with van der Waals surface area (Å²) in [5, 5.41) is 2.95. The molecule has 0 saturated carbocycles. The molecule has 0 spiro atoms. The van der Waals surface area contributed by atoms with Gasteiger partial charge in [-0.25, -0.2) is 4.98 Å². The molecule has 1 N–H and O–H groups in total. The van der Waals surface area contributed by atoms with Crippen LogP contribution in [0.25, 0.3) is 5.95 Å². The van der Waals surface area contributed by atoms with Gasteiger partial charge in [0.2, 0.25) is 17.8 Å². The van der Waals surface area contributed by atoms with Gasteiger partial charge in [0.25, 0.3) is 0 Å². The summed E-state index contributed by atoms with van der Waals surface area (Å²) in [6.45, 7) is 0.887. The monoisotopic (exact) mass is 279 g/mol. The maximum absolute atomic E-state index is 4.45. The first-order valence-corrected chi connectivity index (χ1v) is 7.26. The summed E-state index contributed by atoms with van der Waals surface area (Å²) in [5.74, 6) is 2.78. The van der Waals surface area contributed by atoms with Crippen LogP contribution in [0.1, 0.15) is 0 Å². The molecule has 2 rings (SSSR count). The standard InChI is InChI=1S/C11H17N7S/c1-12-9-14-10(17(2)6-7-19-3)16-11(15-9)18-5-4-13-8-18/h4-5,8H,6-7H2,1-3H3,(H,12,14,15,16). The number of hydrogen-bond acceptors (Lipinski definition) is 7. The summed E-state index contributed by atoms with van der Waals surface area (Å²) < 4.78 is 1.76. The Labute approximate surface area is 116 Å². The third-order valence-electron chi connectivity index (χ3n) is 2.54. The Bertz CT molecular complexity index is 514. The van der Waals surface area contributed by atoms with E-state index in [-0.39, 0.29) is 0 Å². The number of aromatic nitrogens is 5. The lowest BCUT2D eigenvalue weighted by atomic mass is 10.6. The molecule has 0 saturated heterocycles. The van der Waals surface area contributed by atoms with Crippen LogP contribution < -0.4 is 10.2 Å². The molecule has 7 nitrogen and oxygen atoms in total. The number of hydrogen-bond donors (Lipinski definition) is 1. The largest absolute Gasteiger partial charge is 0.357 e. The number of nitrogens with zero attached hydrogens (tertiary/aromatic N) is 6. The van der Waals surface area contributed by atoms with Crippen LogP contribution in [-0.4, -0.2) is 57.2 Å². The Balaban J connectivity index is 2.31. The topological polar surface area (TPSA) is 71.8 Å². The van der Waals surface area contributed by atoms with Gasteiger partial charge < -0.3 is 10.2 Å². The van der Waals surface area contributed by atoms with Crippen LogP contribution in [0.15, 0.2) is 18.7 Å². The van der Waals surface area contributed by atoms with E-state index >= 15 is 0 Å². The molecular weight excluding hydrogens is 262 g/mol. The van der Waals surface area contributed by atoms with Crippen LogP contribution in [0.3, 0.4) is 0 Å². The molecule has 2 aromatic rings. The smallest absolute Gasteiger partial charge is 0.241 e. The molecule has 2 aromatic heterocycles. The minimum Gasteiger partial charge on any atom is -0.357 e. The van der Waals surface area contributed by atoms with Gasteiger partial charge in [-0.2, -0.15) is 26.7 Å². The molecule has 0 fully saturated rings. The van der Waals surface area contributed by atoms with E-state index in [0.717, 1.165) is 12.3 Å². The van der Waals surface area contributed by atoms with Gasteiger partial charge in [-0.15, -0.1) is 0 Å². The highest BCUT2D eigenvalue weighted by atomic mass is 32.2. The first-order chi connectivity index (χ1) is 9.24. The highest BCUT2D eigenvalue weighted by molar-refractivity contribution is 7.98. The Morgan fingerprint density at radius 3 is 2.84 bits per heavy atom. The van der Waals surface area contributed by atoms with Gasteiger partial charge in [0.1, 0.15) is 6.33 Å². The zero-order chi connectivity index (χ0) is 13.7. The number of anilines is 2. The van der Waals surface area contributed by atoms with Crippen LogP contribution in [-0.2, 0) is 0 Å². The number of nitrogens with one attached hydrogen (secondary N) is 1. The van der Waals surface area contributed by atoms with E-state index in [1.807, 2.05) is 11.9 Å². The van der Waals surface area contributed by atoms with E-state index in [2.05, 4.69) is 31.5 Å². The molecule has 0 bridgehead atoms. The molecule has 0 atom stereocenters. The number of imidazole rings is 1. The summed E-state index contributed by atoms with van der Waals surface area (Å²) in [7, 11) is 3.77. The van der Waals surface area contributed by atoms with Crippen LogP contribution in [0.5, 0.6) is 0 Å². The van der Waals surface area contributed by atoms with Crippen LogP contribution >= 0.6 is 11.8 Å². The van der Waals surface area contributed by atoms with Gasteiger partial charge in [-0.1, -0.05) is 0 Å². The van der Waals surface area contributed by atoms with E-state index in [0.29, 0.717) is 17.8 Å². The van der Waals surface area contributed by atoms with E-state index in [1.54, 1.807) is 42.1 Å². The number of rotatable bonds is 6. The van der Waals surface area contributed by atoms with Crippen molar-refractivity contribution in [3.63, 3.8) is 0 Å². The molecule has 2 heterocycles. The zero-order valence-electron chi connectivity index (χ0n) is 11.2. The fourth-order valence-electron chi connectivity index (χ4n) is 1.46. The average Bonchev–Trinajstić information content (AvgIpc) is 2.98. The van der Waals surface area contributed by atoms with E-state index in [9.17, 15) is 0 Å². The molecule has 8 heteroatoms. The van der Waals surface area contributed by atoms with Crippen LogP contribution in [0.2, 0.25) is 0 Å². The predicted molar refractivity (Wildman–Crippen MR) is 78.1 cm³/mol. The lowest BCUT2D eigenvalue weighted by Gasteiger charge is -2.17. The molecule has 102 valence electrons. The van der Waals surface area contributed by atoms with Gasteiger partial charge in [-0.3, -0.25) is 4.57 Å². The maximum Gasteiger partial charge on any atom is 0.241 e. The van der Waals surface area contributed by atoms with Crippen molar-refractivity contribution in [1.29, 1.82) is 0 Å². The SMILES string of the molecule is CNc1nc(N(C)CCSC)nc(-n2ccnc2)n1. The second kappa shape index (κ2) is 6.37. The Morgan fingerprint density at radius 2 is 2.21 bits per heavy atom. The summed E-state index contributed by atoms with van der Waals surface area (Å²) in [4.78, 5) is 19.1. The first-order valence-electron chi connectivity index (χ1n) is 5.87. The lowest BCUT2D eigenvalue weighted by molar-refractivity contribution is 0.846. The fraction of sp³-hybridized carbons (Fsp3) is 0.455. The molecule has 0 aliphatic carbocycles. The molecule has 0 unspecified atom stereocenters. The van der Waals surface area contributed by atoms with Gasteiger partial charge >= 0.3 is 0 Å². The van der Waals surface area contributed by atoms with Crippen molar-refractivity contribution in [3.8, 4) is 5.95 Å². The van der Waals surface area contributed by atoms with Crippen LogP contribution in [0.4, 0.5) is 11.9 Å². The normalized spacial score (nSPS) is 10.5. The lowest BCUT2D eigenvalue weighted by Crippen LogP contribution is -2.24. The van der Waals surface area contributed by atoms with Crippen molar-refractivity contribution >= 4 is 23.7 Å². The Kier molecular flexibility index (Phi) is 4.56. The van der Waals surface area contributed by atoms with Gasteiger partial charge in [0.05, 0.1) is 0 Å². The zero-order valence-corrected chi connectivity index (χ0v) is 12.1. The van der Waals surface area contributed by atoms with Gasteiger partial charge in [0.15, 0.2) is 0 Å². The molecule has 0 radical (unpaired) electrons. The average molecular weight is 279 g/mol. The minimum absolute atomic E-state index is 0.546. The third-order valence-corrected chi connectivity index (χ3v) is 3.13. The molecule has 0 aromatic carbocycles. The molecule has 0 aliphatic heterocycles.